The summed E-state index contributed by atoms with van der Waals surface area (Å²) in [5, 5.41) is 5.68. The largest absolute Gasteiger partial charge is 0.336 e. The summed E-state index contributed by atoms with van der Waals surface area (Å²) in [7, 11) is 0. The number of halogens is 1. The monoisotopic (exact) mass is 334 g/mol. The minimum atomic E-state index is -0.641. The molecule has 1 fully saturated rings. The lowest BCUT2D eigenvalue weighted by atomic mass is 10.1. The maximum Gasteiger partial charge on any atom is 0.321 e. The summed E-state index contributed by atoms with van der Waals surface area (Å²) in [5.74, 6) is -1.22. The first kappa shape index (κ1) is 15.4. The number of hydrogen-bond donors (Lipinski definition) is 2. The van der Waals surface area contributed by atoms with Gasteiger partial charge in [-0.2, -0.15) is 0 Å². The van der Waals surface area contributed by atoms with Crippen LogP contribution >= 0.6 is 11.3 Å². The van der Waals surface area contributed by atoms with Gasteiger partial charge in [0.05, 0.1) is 5.56 Å². The Kier molecular flexibility index (Phi) is 4.24. The molecule has 0 radical (unpaired) electrons. The Hall–Kier alpha value is -2.48. The number of thiazole rings is 1. The highest BCUT2D eigenvalue weighted by Gasteiger charge is 2.23. The zero-order valence-electron chi connectivity index (χ0n) is 12.4. The van der Waals surface area contributed by atoms with Crippen LogP contribution in [0.3, 0.4) is 0 Å². The molecule has 0 atom stereocenters. The smallest absolute Gasteiger partial charge is 0.321 e. The molecule has 3 amide bonds. The Balaban J connectivity index is 1.83. The number of urea groups is 1. The highest BCUT2D eigenvalue weighted by Crippen LogP contribution is 2.23. The predicted octanol–water partition coefficient (Wildman–Crippen LogP) is 2.63. The second-order valence-electron chi connectivity index (χ2n) is 4.99. The van der Waals surface area contributed by atoms with Crippen molar-refractivity contribution in [3.8, 4) is 0 Å². The van der Waals surface area contributed by atoms with E-state index in [0.29, 0.717) is 23.9 Å². The molecule has 1 aliphatic heterocycles. The zero-order chi connectivity index (χ0) is 16.4. The van der Waals surface area contributed by atoms with E-state index in [1.807, 2.05) is 6.92 Å². The Morgan fingerprint density at radius 3 is 3.00 bits per heavy atom. The third kappa shape index (κ3) is 3.16. The van der Waals surface area contributed by atoms with Crippen molar-refractivity contribution in [3.05, 3.63) is 40.7 Å². The molecule has 2 aromatic rings. The fraction of sp³-hybridized carbons (Fsp3) is 0.267. The Morgan fingerprint density at radius 1 is 1.52 bits per heavy atom. The number of aromatic nitrogens is 1. The van der Waals surface area contributed by atoms with E-state index in [1.54, 1.807) is 6.20 Å². The lowest BCUT2D eigenvalue weighted by Crippen LogP contribution is -2.28. The Bertz CT molecular complexity index is 762. The van der Waals surface area contributed by atoms with Crippen molar-refractivity contribution in [3.63, 3.8) is 0 Å². The average Bonchev–Trinajstić information content (AvgIpc) is 3.16. The first-order chi connectivity index (χ1) is 11.1. The van der Waals surface area contributed by atoms with Crippen molar-refractivity contribution in [2.75, 3.05) is 23.3 Å². The van der Waals surface area contributed by atoms with Crippen LogP contribution in [0.15, 0.2) is 24.4 Å². The van der Waals surface area contributed by atoms with Crippen LogP contribution in [-0.4, -0.2) is 30.0 Å². The third-order valence-electron chi connectivity index (χ3n) is 3.49. The van der Waals surface area contributed by atoms with Crippen molar-refractivity contribution >= 4 is 34.1 Å². The fourth-order valence-electron chi connectivity index (χ4n) is 2.27. The standard InChI is InChI=1S/C15H15FN4O2S/c1-2-10-8-18-14(23-10)19-13(21)11-7-9(3-4-12(11)16)20-6-5-17-15(20)22/h3-4,7-8H,2,5-6H2,1H3,(H,17,22)(H,18,19,21). The summed E-state index contributed by atoms with van der Waals surface area (Å²) in [5.41, 5.74) is 0.371. The summed E-state index contributed by atoms with van der Waals surface area (Å²) in [4.78, 5) is 30.5. The molecule has 0 saturated carbocycles. The highest BCUT2D eigenvalue weighted by atomic mass is 32.1. The van der Waals surface area contributed by atoms with Crippen molar-refractivity contribution in [2.45, 2.75) is 13.3 Å². The average molecular weight is 334 g/mol. The number of nitrogens with zero attached hydrogens (tertiary/aromatic N) is 2. The van der Waals surface area contributed by atoms with Gasteiger partial charge in [-0.15, -0.1) is 11.3 Å². The zero-order valence-corrected chi connectivity index (χ0v) is 13.2. The van der Waals surface area contributed by atoms with Crippen LogP contribution in [0.1, 0.15) is 22.2 Å². The number of nitrogens with one attached hydrogen (secondary N) is 2. The van der Waals surface area contributed by atoms with E-state index in [4.69, 9.17) is 0 Å². The van der Waals surface area contributed by atoms with Gasteiger partial charge < -0.3 is 5.32 Å². The van der Waals surface area contributed by atoms with Gasteiger partial charge in [0.2, 0.25) is 0 Å². The van der Waals surface area contributed by atoms with Gasteiger partial charge in [0.25, 0.3) is 5.91 Å². The van der Waals surface area contributed by atoms with Crippen LogP contribution in [0.2, 0.25) is 0 Å². The number of rotatable bonds is 4. The molecular formula is C15H15FN4O2S. The molecule has 1 aromatic heterocycles. The minimum Gasteiger partial charge on any atom is -0.336 e. The first-order valence-corrected chi connectivity index (χ1v) is 8.01. The van der Waals surface area contributed by atoms with E-state index in [1.165, 1.54) is 34.4 Å². The first-order valence-electron chi connectivity index (χ1n) is 7.19. The van der Waals surface area contributed by atoms with Crippen molar-refractivity contribution < 1.29 is 14.0 Å². The van der Waals surface area contributed by atoms with Crippen molar-refractivity contribution in [1.82, 2.24) is 10.3 Å². The van der Waals surface area contributed by atoms with Gasteiger partial charge in [-0.1, -0.05) is 6.92 Å². The maximum absolute atomic E-state index is 14.0. The van der Waals surface area contributed by atoms with Gasteiger partial charge in [-0.25, -0.2) is 14.2 Å². The van der Waals surface area contributed by atoms with Crippen LogP contribution in [-0.2, 0) is 6.42 Å². The van der Waals surface area contributed by atoms with Crippen molar-refractivity contribution in [2.24, 2.45) is 0 Å². The van der Waals surface area contributed by atoms with Gasteiger partial charge in [-0.05, 0) is 24.6 Å². The fourth-order valence-corrected chi connectivity index (χ4v) is 3.01. The van der Waals surface area contributed by atoms with Crippen LogP contribution in [0.4, 0.5) is 20.0 Å². The van der Waals surface area contributed by atoms with Crippen LogP contribution in [0, 0.1) is 5.82 Å². The maximum atomic E-state index is 14.0. The van der Waals surface area contributed by atoms with Gasteiger partial charge >= 0.3 is 6.03 Å². The molecule has 6 nitrogen and oxygen atoms in total. The van der Waals surface area contributed by atoms with E-state index in [2.05, 4.69) is 15.6 Å². The highest BCUT2D eigenvalue weighted by molar-refractivity contribution is 7.15. The molecular weight excluding hydrogens is 319 g/mol. The molecule has 0 bridgehead atoms. The minimum absolute atomic E-state index is 0.115. The summed E-state index contributed by atoms with van der Waals surface area (Å²) in [6.07, 6.45) is 2.50. The Morgan fingerprint density at radius 2 is 2.35 bits per heavy atom. The summed E-state index contributed by atoms with van der Waals surface area (Å²) in [6.45, 7) is 3.00. The molecule has 0 spiro atoms. The van der Waals surface area contributed by atoms with E-state index in [9.17, 15) is 14.0 Å². The normalized spacial score (nSPS) is 14.0. The lowest BCUT2D eigenvalue weighted by molar-refractivity contribution is 0.102. The second kappa shape index (κ2) is 6.33. The van der Waals surface area contributed by atoms with Gasteiger partial charge in [-0.3, -0.25) is 15.0 Å². The predicted molar refractivity (Wildman–Crippen MR) is 86.6 cm³/mol. The lowest BCUT2D eigenvalue weighted by Gasteiger charge is -2.15. The quantitative estimate of drug-likeness (QED) is 0.902. The number of aryl methyl sites for hydroxylation is 1. The molecule has 23 heavy (non-hydrogen) atoms. The number of hydrogen-bond acceptors (Lipinski definition) is 4. The topological polar surface area (TPSA) is 74.3 Å². The third-order valence-corrected chi connectivity index (χ3v) is 4.54. The van der Waals surface area contributed by atoms with E-state index < -0.39 is 11.7 Å². The molecule has 2 N–H and O–H groups in total. The van der Waals surface area contributed by atoms with Crippen LogP contribution < -0.4 is 15.5 Å². The van der Waals surface area contributed by atoms with Gasteiger partial charge in [0.15, 0.2) is 5.13 Å². The van der Waals surface area contributed by atoms with Gasteiger partial charge in [0, 0.05) is 29.9 Å². The molecule has 0 unspecified atom stereocenters. The van der Waals surface area contributed by atoms with Crippen molar-refractivity contribution in [1.29, 1.82) is 0 Å². The number of amides is 3. The van der Waals surface area contributed by atoms with E-state index in [-0.39, 0.29) is 11.6 Å². The summed E-state index contributed by atoms with van der Waals surface area (Å²) < 4.78 is 14.0. The second-order valence-corrected chi connectivity index (χ2v) is 6.10. The van der Waals surface area contributed by atoms with Gasteiger partial charge in [0.1, 0.15) is 5.82 Å². The van der Waals surface area contributed by atoms with Crippen LogP contribution in [0.5, 0.6) is 0 Å². The number of anilines is 2. The Labute approximate surface area is 136 Å². The van der Waals surface area contributed by atoms with E-state index in [0.717, 1.165) is 11.3 Å². The number of carbonyl (C=O) groups excluding carboxylic acids is 2. The molecule has 120 valence electrons. The molecule has 1 aromatic carbocycles. The summed E-state index contributed by atoms with van der Waals surface area (Å²) in [6, 6.07) is 3.80. The molecule has 1 saturated heterocycles. The molecule has 8 heteroatoms. The SMILES string of the molecule is CCc1cnc(NC(=O)c2cc(N3CCNC3=O)ccc2F)s1. The molecule has 3 rings (SSSR count). The number of benzene rings is 1. The van der Waals surface area contributed by atoms with Crippen LogP contribution in [0.25, 0.3) is 0 Å². The number of carbonyl (C=O) groups is 2. The molecule has 2 heterocycles. The van der Waals surface area contributed by atoms with E-state index >= 15 is 0 Å². The molecule has 1 aliphatic rings. The summed E-state index contributed by atoms with van der Waals surface area (Å²) >= 11 is 1.35. The molecule has 0 aliphatic carbocycles.